The molecule has 7 nitrogen and oxygen atoms in total. The Labute approximate surface area is 206 Å². The molecule has 2 heterocycles. The van der Waals surface area contributed by atoms with E-state index in [0.29, 0.717) is 31.3 Å². The normalized spacial score (nSPS) is 16.4. The Balaban J connectivity index is 1.59. The van der Waals surface area contributed by atoms with Gasteiger partial charge in [-0.3, -0.25) is 4.79 Å². The van der Waals surface area contributed by atoms with Crippen molar-refractivity contribution in [1.82, 2.24) is 4.90 Å². The van der Waals surface area contributed by atoms with Gasteiger partial charge in [-0.1, -0.05) is 11.6 Å². The highest BCUT2D eigenvalue weighted by atomic mass is 35.5. The number of morpholine rings is 1. The van der Waals surface area contributed by atoms with Crippen molar-refractivity contribution in [3.05, 3.63) is 52.0 Å². The molecule has 12 heteroatoms. The number of fused-ring (bicyclic) bond motifs is 1. The van der Waals surface area contributed by atoms with Crippen LogP contribution in [-0.2, 0) is 27.7 Å². The van der Waals surface area contributed by atoms with Gasteiger partial charge >= 0.3 is 6.18 Å². The van der Waals surface area contributed by atoms with Crippen molar-refractivity contribution in [2.45, 2.75) is 30.6 Å². The highest BCUT2D eigenvalue weighted by molar-refractivity contribution is 7.90. The van der Waals surface area contributed by atoms with Crippen molar-refractivity contribution in [3.8, 4) is 5.75 Å². The first-order valence-electron chi connectivity index (χ1n) is 10.9. The lowest BCUT2D eigenvalue weighted by Gasteiger charge is -2.30. The molecule has 1 saturated heterocycles. The SMILES string of the molecule is CS(=O)(=O)c1ccc(OCCC(F)(F)F)c(C(=O)N2Cc3cc(Cl)c(N4CCOCC4)cc3C2)c1. The molecule has 2 aromatic carbocycles. The first kappa shape index (κ1) is 25.6. The monoisotopic (exact) mass is 532 g/mol. The van der Waals surface area contributed by atoms with Crippen LogP contribution in [0, 0.1) is 0 Å². The van der Waals surface area contributed by atoms with Crippen LogP contribution in [-0.4, -0.2) is 64.6 Å². The minimum atomic E-state index is -4.43. The molecule has 0 aromatic heterocycles. The van der Waals surface area contributed by atoms with Gasteiger partial charge in [-0.15, -0.1) is 0 Å². The molecule has 0 radical (unpaired) electrons. The summed E-state index contributed by atoms with van der Waals surface area (Å²) < 4.78 is 72.5. The third kappa shape index (κ3) is 6.02. The van der Waals surface area contributed by atoms with Crippen molar-refractivity contribution in [3.63, 3.8) is 0 Å². The third-order valence-corrected chi connectivity index (χ3v) is 7.30. The van der Waals surface area contributed by atoms with Gasteiger partial charge in [0.15, 0.2) is 9.84 Å². The Morgan fingerprint density at radius 2 is 1.77 bits per heavy atom. The molecular formula is C23H24ClF3N2O5S. The van der Waals surface area contributed by atoms with Gasteiger partial charge in [0.05, 0.1) is 47.4 Å². The average Bonchev–Trinajstić information content (AvgIpc) is 3.20. The summed E-state index contributed by atoms with van der Waals surface area (Å²) in [6.45, 7) is 2.34. The number of amides is 1. The van der Waals surface area contributed by atoms with Crippen LogP contribution in [0.15, 0.2) is 35.2 Å². The van der Waals surface area contributed by atoms with Gasteiger partial charge < -0.3 is 19.3 Å². The van der Waals surface area contributed by atoms with Crippen LogP contribution in [0.4, 0.5) is 18.9 Å². The summed E-state index contributed by atoms with van der Waals surface area (Å²) in [6, 6.07) is 7.32. The maximum Gasteiger partial charge on any atom is 0.392 e. The summed E-state index contributed by atoms with van der Waals surface area (Å²) in [5, 5.41) is 0.551. The lowest BCUT2D eigenvalue weighted by molar-refractivity contribution is -0.139. The molecule has 1 amide bonds. The molecule has 2 aromatic rings. The van der Waals surface area contributed by atoms with Crippen LogP contribution in [0.2, 0.25) is 5.02 Å². The van der Waals surface area contributed by atoms with E-state index in [1.54, 1.807) is 0 Å². The molecular weight excluding hydrogens is 509 g/mol. The topological polar surface area (TPSA) is 76.2 Å². The number of rotatable bonds is 6. The summed E-state index contributed by atoms with van der Waals surface area (Å²) in [5.41, 5.74) is 2.47. The van der Waals surface area contributed by atoms with Crippen LogP contribution < -0.4 is 9.64 Å². The summed E-state index contributed by atoms with van der Waals surface area (Å²) in [7, 11) is -3.66. The minimum absolute atomic E-state index is 0.102. The van der Waals surface area contributed by atoms with Crippen LogP contribution in [0.3, 0.4) is 0 Å². The highest BCUT2D eigenvalue weighted by Crippen LogP contribution is 2.36. The predicted molar refractivity (Wildman–Crippen MR) is 124 cm³/mol. The molecule has 2 aliphatic heterocycles. The lowest BCUT2D eigenvalue weighted by atomic mass is 10.1. The van der Waals surface area contributed by atoms with E-state index in [9.17, 15) is 26.4 Å². The molecule has 0 unspecified atom stereocenters. The Morgan fingerprint density at radius 1 is 1.11 bits per heavy atom. The van der Waals surface area contributed by atoms with Gasteiger partial charge in [-0.05, 0) is 41.5 Å². The molecule has 1 fully saturated rings. The predicted octanol–water partition coefficient (Wildman–Crippen LogP) is 4.07. The van der Waals surface area contributed by atoms with Gasteiger partial charge in [-0.25, -0.2) is 8.42 Å². The van der Waals surface area contributed by atoms with E-state index in [1.807, 2.05) is 12.1 Å². The maximum absolute atomic E-state index is 13.4. The van der Waals surface area contributed by atoms with Crippen LogP contribution in [0.25, 0.3) is 0 Å². The number of anilines is 1. The number of hydrogen-bond acceptors (Lipinski definition) is 6. The Morgan fingerprint density at radius 3 is 2.40 bits per heavy atom. The van der Waals surface area contributed by atoms with E-state index < -0.39 is 34.9 Å². The van der Waals surface area contributed by atoms with Crippen molar-refractivity contribution in [2.75, 3.05) is 44.1 Å². The number of alkyl halides is 3. The fraction of sp³-hybridized carbons (Fsp3) is 0.435. The van der Waals surface area contributed by atoms with Crippen LogP contribution in [0.5, 0.6) is 5.75 Å². The number of hydrogen-bond donors (Lipinski definition) is 0. The molecule has 2 aliphatic rings. The number of sulfone groups is 1. The van der Waals surface area contributed by atoms with Gasteiger partial charge in [0.1, 0.15) is 5.75 Å². The summed E-state index contributed by atoms with van der Waals surface area (Å²) in [4.78, 5) is 16.9. The summed E-state index contributed by atoms with van der Waals surface area (Å²) in [5.74, 6) is -0.646. The molecule has 0 atom stereocenters. The first-order chi connectivity index (χ1) is 16.4. The van der Waals surface area contributed by atoms with E-state index in [4.69, 9.17) is 21.1 Å². The molecule has 0 N–H and O–H groups in total. The second-order valence-electron chi connectivity index (χ2n) is 8.48. The van der Waals surface area contributed by atoms with E-state index in [-0.39, 0.29) is 29.3 Å². The number of nitrogens with zero attached hydrogens (tertiary/aromatic N) is 2. The first-order valence-corrected chi connectivity index (χ1v) is 13.2. The zero-order valence-corrected chi connectivity index (χ0v) is 20.5. The van der Waals surface area contributed by atoms with E-state index in [1.165, 1.54) is 17.0 Å². The van der Waals surface area contributed by atoms with Crippen LogP contribution >= 0.6 is 11.6 Å². The molecule has 0 saturated carbocycles. The van der Waals surface area contributed by atoms with Crippen molar-refractivity contribution in [1.29, 1.82) is 0 Å². The zero-order valence-electron chi connectivity index (χ0n) is 18.9. The number of ether oxygens (including phenoxy) is 2. The van der Waals surface area contributed by atoms with Crippen LogP contribution in [0.1, 0.15) is 27.9 Å². The third-order valence-electron chi connectivity index (χ3n) is 5.88. The molecule has 0 spiro atoms. The fourth-order valence-electron chi connectivity index (χ4n) is 4.08. The van der Waals surface area contributed by atoms with Crippen molar-refractivity contribution >= 4 is 33.0 Å². The smallest absolute Gasteiger partial charge is 0.392 e. The number of carbonyl (C=O) groups excluding carboxylic acids is 1. The zero-order chi connectivity index (χ0) is 25.4. The second kappa shape index (κ2) is 9.87. The fourth-order valence-corrected chi connectivity index (χ4v) is 5.03. The van der Waals surface area contributed by atoms with Gasteiger partial charge in [-0.2, -0.15) is 13.2 Å². The van der Waals surface area contributed by atoms with Gasteiger partial charge in [0, 0.05) is 32.4 Å². The molecule has 0 aliphatic carbocycles. The van der Waals surface area contributed by atoms with Crippen molar-refractivity contribution in [2.24, 2.45) is 0 Å². The van der Waals surface area contributed by atoms with E-state index in [2.05, 4.69) is 4.90 Å². The van der Waals surface area contributed by atoms with Gasteiger partial charge in [0.2, 0.25) is 0 Å². The lowest BCUT2D eigenvalue weighted by Crippen LogP contribution is -2.36. The molecule has 0 bridgehead atoms. The number of benzene rings is 2. The number of halogens is 4. The Kier molecular flexibility index (Phi) is 7.21. The summed E-state index contributed by atoms with van der Waals surface area (Å²) >= 11 is 6.51. The van der Waals surface area contributed by atoms with E-state index in [0.717, 1.165) is 29.1 Å². The van der Waals surface area contributed by atoms with Gasteiger partial charge in [0.25, 0.3) is 5.91 Å². The molecule has 35 heavy (non-hydrogen) atoms. The summed E-state index contributed by atoms with van der Waals surface area (Å²) in [6.07, 6.45) is -4.64. The average molecular weight is 533 g/mol. The largest absolute Gasteiger partial charge is 0.492 e. The maximum atomic E-state index is 13.4. The Bertz CT molecular complexity index is 1230. The Hall–Kier alpha value is -2.50. The molecule has 4 rings (SSSR count). The highest BCUT2D eigenvalue weighted by Gasteiger charge is 2.30. The standard InChI is InChI=1S/C23H24ClF3N2O5S/c1-35(31,32)17-2-3-21(34-7-4-23(25,26)27)18(12-17)22(30)29-13-15-10-19(24)20(11-16(15)14-29)28-5-8-33-9-6-28/h2-3,10-12H,4-9,13-14H2,1H3. The second-order valence-corrected chi connectivity index (χ2v) is 10.9. The molecule has 190 valence electrons. The number of carbonyl (C=O) groups is 1. The quantitative estimate of drug-likeness (QED) is 0.558. The minimum Gasteiger partial charge on any atom is -0.492 e. The van der Waals surface area contributed by atoms with Crippen molar-refractivity contribution < 1.29 is 35.9 Å². The van der Waals surface area contributed by atoms with E-state index >= 15 is 0 Å².